The first-order valence-electron chi connectivity index (χ1n) is 4.60. The first kappa shape index (κ1) is 11.2. The van der Waals surface area contributed by atoms with Crippen LogP contribution in [0.1, 0.15) is 0 Å². The molecule has 0 unspecified atom stereocenters. The van der Waals surface area contributed by atoms with Crippen LogP contribution in [0.5, 0.6) is 0 Å². The highest BCUT2D eigenvalue weighted by molar-refractivity contribution is 9.10. The molecular weight excluding hydrogens is 289 g/mol. The number of hydrogen-bond acceptors (Lipinski definition) is 3. The van der Waals surface area contributed by atoms with Crippen molar-refractivity contribution in [3.63, 3.8) is 0 Å². The molecule has 0 saturated heterocycles. The molecule has 0 aliphatic rings. The average Bonchev–Trinajstić information content (AvgIpc) is 2.25. The summed E-state index contributed by atoms with van der Waals surface area (Å²) in [6, 6.07) is 11.0. The van der Waals surface area contributed by atoms with Crippen molar-refractivity contribution in [1.29, 1.82) is 0 Å². The third kappa shape index (κ3) is 2.46. The summed E-state index contributed by atoms with van der Waals surface area (Å²) >= 11 is 9.38. The lowest BCUT2D eigenvalue weighted by Gasteiger charge is -2.08. The number of hydrogen-bond donors (Lipinski definition) is 2. The maximum atomic E-state index is 5.98. The number of nitrogens with one attached hydrogen (secondary N) is 1. The SMILES string of the molecule is Nc1cccc(Nc2cccc(Cl)c2Br)n1. The number of nitrogen functional groups attached to an aromatic ring is 1. The van der Waals surface area contributed by atoms with Crippen molar-refractivity contribution in [3.8, 4) is 0 Å². The minimum absolute atomic E-state index is 0.475. The summed E-state index contributed by atoms with van der Waals surface area (Å²) in [6.45, 7) is 0. The topological polar surface area (TPSA) is 50.9 Å². The van der Waals surface area contributed by atoms with Crippen LogP contribution >= 0.6 is 27.5 Å². The molecule has 0 radical (unpaired) electrons. The standard InChI is InChI=1S/C11H9BrClN3/c12-11-7(13)3-1-4-8(11)15-10-6-2-5-9(14)16-10/h1-6H,(H3,14,15,16). The number of halogens is 2. The Morgan fingerprint density at radius 3 is 2.69 bits per heavy atom. The molecule has 1 aromatic heterocycles. The number of nitrogens with two attached hydrogens (primary N) is 1. The van der Waals surface area contributed by atoms with Crippen LogP contribution in [0.4, 0.5) is 17.3 Å². The first-order valence-corrected chi connectivity index (χ1v) is 5.77. The van der Waals surface area contributed by atoms with E-state index in [1.165, 1.54) is 0 Å². The molecule has 3 N–H and O–H groups in total. The van der Waals surface area contributed by atoms with Crippen LogP contribution in [0.2, 0.25) is 5.02 Å². The zero-order chi connectivity index (χ0) is 11.5. The van der Waals surface area contributed by atoms with Crippen LogP contribution in [-0.4, -0.2) is 4.98 Å². The normalized spacial score (nSPS) is 10.1. The van der Waals surface area contributed by atoms with Crippen LogP contribution in [0, 0.1) is 0 Å². The summed E-state index contributed by atoms with van der Waals surface area (Å²) in [7, 11) is 0. The Bertz CT molecular complexity index is 516. The maximum Gasteiger partial charge on any atom is 0.132 e. The van der Waals surface area contributed by atoms with Gasteiger partial charge in [-0.3, -0.25) is 0 Å². The van der Waals surface area contributed by atoms with Gasteiger partial charge >= 0.3 is 0 Å². The molecule has 82 valence electrons. The second-order valence-corrected chi connectivity index (χ2v) is 4.37. The van der Waals surface area contributed by atoms with Gasteiger partial charge in [-0.05, 0) is 40.2 Å². The molecule has 0 amide bonds. The summed E-state index contributed by atoms with van der Waals surface area (Å²) < 4.78 is 0.806. The predicted molar refractivity (Wildman–Crippen MR) is 71.1 cm³/mol. The van der Waals surface area contributed by atoms with E-state index in [-0.39, 0.29) is 0 Å². The molecule has 0 atom stereocenters. The third-order valence-electron chi connectivity index (χ3n) is 1.98. The number of rotatable bonds is 2. The second-order valence-electron chi connectivity index (χ2n) is 3.17. The molecule has 0 bridgehead atoms. The van der Waals surface area contributed by atoms with E-state index in [4.69, 9.17) is 17.3 Å². The lowest BCUT2D eigenvalue weighted by Crippen LogP contribution is -1.97. The molecule has 5 heteroatoms. The van der Waals surface area contributed by atoms with Crippen LogP contribution in [0.15, 0.2) is 40.9 Å². The van der Waals surface area contributed by atoms with Crippen molar-refractivity contribution in [2.75, 3.05) is 11.1 Å². The Balaban J connectivity index is 2.31. The van der Waals surface area contributed by atoms with Crippen molar-refractivity contribution >= 4 is 44.9 Å². The molecule has 0 spiro atoms. The minimum atomic E-state index is 0.475. The monoisotopic (exact) mass is 297 g/mol. The van der Waals surface area contributed by atoms with Gasteiger partial charge in [-0.25, -0.2) is 4.98 Å². The van der Waals surface area contributed by atoms with Gasteiger partial charge in [0.25, 0.3) is 0 Å². The van der Waals surface area contributed by atoms with Gasteiger partial charge in [-0.1, -0.05) is 23.7 Å². The molecule has 1 aromatic carbocycles. The van der Waals surface area contributed by atoms with Gasteiger partial charge in [0.2, 0.25) is 0 Å². The number of benzene rings is 1. The molecule has 3 nitrogen and oxygen atoms in total. The third-order valence-corrected chi connectivity index (χ3v) is 3.38. The van der Waals surface area contributed by atoms with Crippen LogP contribution in [0.25, 0.3) is 0 Å². The average molecular weight is 299 g/mol. The van der Waals surface area contributed by atoms with E-state index in [1.807, 2.05) is 30.3 Å². The molecule has 2 aromatic rings. The fraction of sp³-hybridized carbons (Fsp3) is 0. The Kier molecular flexibility index (Phi) is 3.31. The van der Waals surface area contributed by atoms with E-state index >= 15 is 0 Å². The zero-order valence-corrected chi connectivity index (χ0v) is 10.6. The van der Waals surface area contributed by atoms with Crippen LogP contribution in [0.3, 0.4) is 0 Å². The Morgan fingerprint density at radius 1 is 1.19 bits per heavy atom. The molecule has 0 fully saturated rings. The quantitative estimate of drug-likeness (QED) is 0.886. The number of anilines is 3. The van der Waals surface area contributed by atoms with Gasteiger partial charge < -0.3 is 11.1 Å². The van der Waals surface area contributed by atoms with E-state index in [1.54, 1.807) is 6.07 Å². The van der Waals surface area contributed by atoms with Crippen molar-refractivity contribution in [2.45, 2.75) is 0 Å². The Morgan fingerprint density at radius 2 is 1.94 bits per heavy atom. The van der Waals surface area contributed by atoms with Crippen molar-refractivity contribution < 1.29 is 0 Å². The van der Waals surface area contributed by atoms with Gasteiger partial charge in [-0.2, -0.15) is 0 Å². The van der Waals surface area contributed by atoms with Gasteiger partial charge in [0, 0.05) is 0 Å². The van der Waals surface area contributed by atoms with E-state index in [0.717, 1.165) is 10.2 Å². The summed E-state index contributed by atoms with van der Waals surface area (Å²) in [4.78, 5) is 4.14. The molecule has 1 heterocycles. The highest BCUT2D eigenvalue weighted by atomic mass is 79.9. The molecule has 2 rings (SSSR count). The first-order chi connectivity index (χ1) is 7.66. The fourth-order valence-electron chi connectivity index (χ4n) is 1.26. The molecule has 16 heavy (non-hydrogen) atoms. The van der Waals surface area contributed by atoms with Crippen LogP contribution in [-0.2, 0) is 0 Å². The minimum Gasteiger partial charge on any atom is -0.384 e. The number of aromatic nitrogens is 1. The number of nitrogens with zero attached hydrogens (tertiary/aromatic N) is 1. The van der Waals surface area contributed by atoms with Crippen LogP contribution < -0.4 is 11.1 Å². The highest BCUT2D eigenvalue weighted by Gasteiger charge is 2.04. The van der Waals surface area contributed by atoms with Crippen molar-refractivity contribution in [2.24, 2.45) is 0 Å². The Labute approximate surface area is 107 Å². The summed E-state index contributed by atoms with van der Waals surface area (Å²) in [5.74, 6) is 1.16. The summed E-state index contributed by atoms with van der Waals surface area (Å²) in [6.07, 6.45) is 0. The molecule has 0 aliphatic heterocycles. The molecular formula is C11H9BrClN3. The van der Waals surface area contributed by atoms with Gasteiger partial charge in [0.1, 0.15) is 11.6 Å². The highest BCUT2D eigenvalue weighted by Crippen LogP contribution is 2.31. The van der Waals surface area contributed by atoms with E-state index in [2.05, 4.69) is 26.2 Å². The van der Waals surface area contributed by atoms with Gasteiger partial charge in [0.15, 0.2) is 0 Å². The number of pyridine rings is 1. The smallest absolute Gasteiger partial charge is 0.132 e. The Hall–Kier alpha value is -1.26. The lowest BCUT2D eigenvalue weighted by atomic mass is 10.3. The van der Waals surface area contributed by atoms with Gasteiger partial charge in [0.05, 0.1) is 15.2 Å². The van der Waals surface area contributed by atoms with Crippen molar-refractivity contribution in [3.05, 3.63) is 45.9 Å². The van der Waals surface area contributed by atoms with Gasteiger partial charge in [-0.15, -0.1) is 0 Å². The largest absolute Gasteiger partial charge is 0.384 e. The summed E-state index contributed by atoms with van der Waals surface area (Å²) in [5, 5.41) is 3.78. The van der Waals surface area contributed by atoms with Crippen molar-refractivity contribution in [1.82, 2.24) is 4.98 Å². The molecule has 0 saturated carbocycles. The zero-order valence-electron chi connectivity index (χ0n) is 8.24. The van der Waals surface area contributed by atoms with E-state index in [9.17, 15) is 0 Å². The predicted octanol–water partition coefficient (Wildman–Crippen LogP) is 3.82. The second kappa shape index (κ2) is 4.72. The maximum absolute atomic E-state index is 5.98. The lowest BCUT2D eigenvalue weighted by molar-refractivity contribution is 1.31. The van der Waals surface area contributed by atoms with E-state index < -0.39 is 0 Å². The van der Waals surface area contributed by atoms with E-state index in [0.29, 0.717) is 16.7 Å². The molecule has 0 aliphatic carbocycles. The summed E-state index contributed by atoms with van der Waals surface area (Å²) in [5.41, 5.74) is 6.44. The fourth-order valence-corrected chi connectivity index (χ4v) is 1.80.